The number of carbonyl (C=O) groups is 2. The largest absolute Gasteiger partial charge is 0.478 e. The number of halogens is 1. The Morgan fingerprint density at radius 1 is 1.22 bits per heavy atom. The van der Waals surface area contributed by atoms with E-state index in [0.29, 0.717) is 38.5 Å². The molecule has 2 heterocycles. The monoisotopic (exact) mass is 495 g/mol. The summed E-state index contributed by atoms with van der Waals surface area (Å²) in [5, 5.41) is 25.5. The summed E-state index contributed by atoms with van der Waals surface area (Å²) < 4.78 is 6.32. The van der Waals surface area contributed by atoms with Crippen molar-refractivity contribution in [3.63, 3.8) is 0 Å². The van der Waals surface area contributed by atoms with Gasteiger partial charge < -0.3 is 9.52 Å². The van der Waals surface area contributed by atoms with Crippen molar-refractivity contribution in [3.8, 4) is 11.3 Å². The number of hydrogen-bond donors (Lipinski definition) is 1. The summed E-state index contributed by atoms with van der Waals surface area (Å²) in [4.78, 5) is 34.6. The third-order valence-corrected chi connectivity index (χ3v) is 5.40. The topological polar surface area (TPSA) is 126 Å². The van der Waals surface area contributed by atoms with Gasteiger partial charge in [-0.3, -0.25) is 14.9 Å². The van der Waals surface area contributed by atoms with E-state index in [-0.39, 0.29) is 11.3 Å². The fraction of sp³-hybridized carbons (Fsp3) is 0.0455. The lowest BCUT2D eigenvalue weighted by Crippen LogP contribution is -2.21. The fourth-order valence-corrected chi connectivity index (χ4v) is 3.73. The van der Waals surface area contributed by atoms with Crippen molar-refractivity contribution in [2.75, 3.05) is 5.01 Å². The average Bonchev–Trinajstić information content (AvgIpc) is 3.33. The number of hydrogen-bond acceptors (Lipinski definition) is 6. The van der Waals surface area contributed by atoms with Gasteiger partial charge in [0.05, 0.1) is 27.5 Å². The van der Waals surface area contributed by atoms with Gasteiger partial charge in [0.25, 0.3) is 11.6 Å². The summed E-state index contributed by atoms with van der Waals surface area (Å²) in [5.41, 5.74) is 1.71. The molecule has 1 N–H and O–H groups in total. The minimum Gasteiger partial charge on any atom is -0.478 e. The second kappa shape index (κ2) is 8.23. The first kappa shape index (κ1) is 21.2. The minimum absolute atomic E-state index is 0.0462. The van der Waals surface area contributed by atoms with Gasteiger partial charge in [-0.2, -0.15) is 10.1 Å². The third-order valence-electron chi connectivity index (χ3n) is 4.74. The molecule has 0 spiro atoms. The number of carboxylic acid groups (broad SMARTS) is 1. The van der Waals surface area contributed by atoms with E-state index in [0.717, 1.165) is 5.01 Å². The molecule has 4 rings (SSSR count). The van der Waals surface area contributed by atoms with Crippen LogP contribution in [0.3, 0.4) is 0 Å². The van der Waals surface area contributed by atoms with E-state index in [4.69, 9.17) is 4.42 Å². The van der Waals surface area contributed by atoms with Crippen molar-refractivity contribution in [2.24, 2.45) is 5.10 Å². The zero-order valence-electron chi connectivity index (χ0n) is 16.5. The van der Waals surface area contributed by atoms with E-state index < -0.39 is 16.8 Å². The van der Waals surface area contributed by atoms with Gasteiger partial charge in [0.15, 0.2) is 0 Å². The van der Waals surface area contributed by atoms with Crippen LogP contribution < -0.4 is 5.01 Å². The molecule has 1 aliphatic heterocycles. The number of carboxylic acids is 1. The number of benzene rings is 2. The Kier molecular flexibility index (Phi) is 5.45. The summed E-state index contributed by atoms with van der Waals surface area (Å²) in [7, 11) is 0. The number of hydrazone groups is 1. The molecule has 1 amide bonds. The fourth-order valence-electron chi connectivity index (χ4n) is 3.16. The molecule has 0 atom stereocenters. The average molecular weight is 496 g/mol. The molecule has 0 saturated carbocycles. The Bertz CT molecular complexity index is 1340. The van der Waals surface area contributed by atoms with Gasteiger partial charge in [-0.05, 0) is 65.3 Å². The van der Waals surface area contributed by atoms with Crippen LogP contribution in [0.25, 0.3) is 17.4 Å². The number of non-ortho nitro benzene ring substituents is 1. The van der Waals surface area contributed by atoms with Gasteiger partial charge in [-0.25, -0.2) is 4.79 Å². The first-order valence-electron chi connectivity index (χ1n) is 9.24. The van der Waals surface area contributed by atoms with Gasteiger partial charge in [0, 0.05) is 22.2 Å². The van der Waals surface area contributed by atoms with Gasteiger partial charge in [0.1, 0.15) is 11.5 Å². The van der Waals surface area contributed by atoms with Crippen molar-refractivity contribution >= 4 is 51.0 Å². The molecule has 0 aliphatic carbocycles. The van der Waals surface area contributed by atoms with Crippen molar-refractivity contribution in [1.82, 2.24) is 0 Å². The Balaban J connectivity index is 1.62. The van der Waals surface area contributed by atoms with E-state index in [9.17, 15) is 24.8 Å². The van der Waals surface area contributed by atoms with E-state index in [2.05, 4.69) is 21.0 Å². The molecule has 1 aliphatic rings. The molecule has 10 heteroatoms. The standard InChI is InChI=1S/C22H14BrN3O6/c1-12-18(21(27)25(24-12)14-4-2-3-13(9-14)22(28)29)11-16-6-8-20(32-16)17-7-5-15(26(30)31)10-19(17)23/h2-11H,1H3,(H,28,29)/b18-11+. The summed E-state index contributed by atoms with van der Waals surface area (Å²) in [6, 6.07) is 13.6. The van der Waals surface area contributed by atoms with E-state index in [1.807, 2.05) is 0 Å². The molecule has 0 saturated heterocycles. The molecular weight excluding hydrogens is 482 g/mol. The molecule has 2 aromatic carbocycles. The number of aromatic carboxylic acids is 1. The first-order valence-corrected chi connectivity index (χ1v) is 10.0. The van der Waals surface area contributed by atoms with Crippen LogP contribution in [0.2, 0.25) is 0 Å². The van der Waals surface area contributed by atoms with E-state index in [1.165, 1.54) is 24.3 Å². The molecule has 1 aromatic heterocycles. The summed E-state index contributed by atoms with van der Waals surface area (Å²) in [6.07, 6.45) is 1.55. The van der Waals surface area contributed by atoms with Crippen LogP contribution in [0, 0.1) is 10.1 Å². The lowest BCUT2D eigenvalue weighted by atomic mass is 10.1. The van der Waals surface area contributed by atoms with Crippen LogP contribution in [0.4, 0.5) is 11.4 Å². The Morgan fingerprint density at radius 3 is 2.69 bits per heavy atom. The number of amides is 1. The molecule has 0 bridgehead atoms. The summed E-state index contributed by atoms with van der Waals surface area (Å²) in [6.45, 7) is 1.67. The first-order chi connectivity index (χ1) is 15.2. The molecule has 160 valence electrons. The lowest BCUT2D eigenvalue weighted by molar-refractivity contribution is -0.384. The van der Waals surface area contributed by atoms with Crippen LogP contribution >= 0.6 is 15.9 Å². The highest BCUT2D eigenvalue weighted by Gasteiger charge is 2.29. The quantitative estimate of drug-likeness (QED) is 0.297. The number of nitro groups is 1. The van der Waals surface area contributed by atoms with Gasteiger partial charge >= 0.3 is 5.97 Å². The maximum absolute atomic E-state index is 12.9. The highest BCUT2D eigenvalue weighted by Crippen LogP contribution is 2.33. The molecule has 32 heavy (non-hydrogen) atoms. The summed E-state index contributed by atoms with van der Waals surface area (Å²) in [5.74, 6) is -0.663. The number of anilines is 1. The molecule has 0 radical (unpaired) electrons. The Labute approximate surface area is 189 Å². The van der Waals surface area contributed by atoms with Crippen LogP contribution in [0.1, 0.15) is 23.0 Å². The van der Waals surface area contributed by atoms with Crippen LogP contribution in [0.5, 0.6) is 0 Å². The minimum atomic E-state index is -1.10. The highest BCUT2D eigenvalue weighted by molar-refractivity contribution is 9.10. The predicted molar refractivity (Wildman–Crippen MR) is 120 cm³/mol. The maximum atomic E-state index is 12.9. The van der Waals surface area contributed by atoms with Gasteiger partial charge in [-0.1, -0.05) is 6.07 Å². The zero-order chi connectivity index (χ0) is 23.0. The van der Waals surface area contributed by atoms with Gasteiger partial charge in [0.2, 0.25) is 0 Å². The van der Waals surface area contributed by atoms with Crippen molar-refractivity contribution in [1.29, 1.82) is 0 Å². The number of carbonyl (C=O) groups excluding carboxylic acids is 1. The van der Waals surface area contributed by atoms with Gasteiger partial charge in [-0.15, -0.1) is 0 Å². The number of rotatable bonds is 5. The Hall–Kier alpha value is -4.05. The second-order valence-corrected chi connectivity index (χ2v) is 7.69. The van der Waals surface area contributed by atoms with E-state index >= 15 is 0 Å². The summed E-state index contributed by atoms with van der Waals surface area (Å²) >= 11 is 3.32. The Morgan fingerprint density at radius 2 is 2.00 bits per heavy atom. The molecule has 3 aromatic rings. The number of nitro benzene ring substituents is 1. The van der Waals surface area contributed by atoms with Crippen LogP contribution in [-0.2, 0) is 4.79 Å². The highest BCUT2D eigenvalue weighted by atomic mass is 79.9. The number of furan rings is 1. The van der Waals surface area contributed by atoms with Crippen molar-refractivity contribution < 1.29 is 24.0 Å². The maximum Gasteiger partial charge on any atom is 0.335 e. The SMILES string of the molecule is CC1=NN(c2cccc(C(=O)O)c2)C(=O)/C1=C/c1ccc(-c2ccc([N+](=O)[O-])cc2Br)o1. The normalized spacial score (nSPS) is 14.7. The zero-order valence-corrected chi connectivity index (χ0v) is 18.1. The van der Waals surface area contributed by atoms with E-state index in [1.54, 1.807) is 43.3 Å². The van der Waals surface area contributed by atoms with Crippen molar-refractivity contribution in [2.45, 2.75) is 6.92 Å². The molecular formula is C22H14BrN3O6. The lowest BCUT2D eigenvalue weighted by Gasteiger charge is -2.12. The van der Waals surface area contributed by atoms with Crippen molar-refractivity contribution in [3.05, 3.63) is 86.1 Å². The van der Waals surface area contributed by atoms with Crippen LogP contribution in [0.15, 0.2) is 74.2 Å². The molecule has 9 nitrogen and oxygen atoms in total. The molecule has 0 unspecified atom stereocenters. The number of nitrogens with zero attached hydrogens (tertiary/aromatic N) is 3. The predicted octanol–water partition coefficient (Wildman–Crippen LogP) is 5.12. The third kappa shape index (κ3) is 3.95. The van der Waals surface area contributed by atoms with Crippen LogP contribution in [-0.4, -0.2) is 27.6 Å². The smallest absolute Gasteiger partial charge is 0.335 e. The molecule has 0 fully saturated rings. The second-order valence-electron chi connectivity index (χ2n) is 6.84.